The molecule has 0 spiro atoms. The Morgan fingerprint density at radius 1 is 1.25 bits per heavy atom. The van der Waals surface area contributed by atoms with Gasteiger partial charge < -0.3 is 20.3 Å². The van der Waals surface area contributed by atoms with E-state index in [1.807, 2.05) is 19.2 Å². The van der Waals surface area contributed by atoms with E-state index in [1.54, 1.807) is 25.1 Å². The number of ether oxygens (including phenoxy) is 1. The van der Waals surface area contributed by atoms with Crippen molar-refractivity contribution in [3.05, 3.63) is 23.8 Å². The number of nitrogens with zero attached hydrogens (tertiary/aromatic N) is 2. The van der Waals surface area contributed by atoms with Crippen molar-refractivity contribution in [1.29, 1.82) is 0 Å². The Kier molecular flexibility index (Phi) is 4.49. The summed E-state index contributed by atoms with van der Waals surface area (Å²) in [5, 5.41) is 0. The van der Waals surface area contributed by atoms with Crippen LogP contribution in [0.25, 0.3) is 0 Å². The molecule has 0 radical (unpaired) electrons. The van der Waals surface area contributed by atoms with Crippen molar-refractivity contribution in [2.45, 2.75) is 18.9 Å². The molecule has 5 nitrogen and oxygen atoms in total. The van der Waals surface area contributed by atoms with E-state index < -0.39 is 0 Å². The molecular weight excluding hydrogens is 254 g/mol. The van der Waals surface area contributed by atoms with Crippen LogP contribution >= 0.6 is 0 Å². The normalized spacial score (nSPS) is 15.9. The number of benzene rings is 1. The third-order valence-corrected chi connectivity index (χ3v) is 3.80. The number of carbonyl (C=O) groups is 1. The summed E-state index contributed by atoms with van der Waals surface area (Å²) in [5.74, 6) is -0.00775. The summed E-state index contributed by atoms with van der Waals surface area (Å²) in [6.45, 7) is 1.57. The average Bonchev–Trinajstić information content (AvgIpc) is 2.47. The van der Waals surface area contributed by atoms with Crippen LogP contribution in [0.1, 0.15) is 23.2 Å². The minimum atomic E-state index is -0.00775. The molecule has 0 atom stereocenters. The van der Waals surface area contributed by atoms with Gasteiger partial charge in [-0.25, -0.2) is 0 Å². The van der Waals surface area contributed by atoms with Crippen molar-refractivity contribution in [2.24, 2.45) is 0 Å². The van der Waals surface area contributed by atoms with Gasteiger partial charge in [0.25, 0.3) is 5.91 Å². The smallest absolute Gasteiger partial charge is 0.253 e. The molecule has 1 saturated heterocycles. The van der Waals surface area contributed by atoms with E-state index in [9.17, 15) is 4.79 Å². The number of hydrogen-bond acceptors (Lipinski definition) is 4. The molecular formula is C15H23N3O2. The maximum atomic E-state index is 12.1. The third-order valence-electron chi connectivity index (χ3n) is 3.80. The molecule has 5 heteroatoms. The first kappa shape index (κ1) is 14.7. The molecule has 1 aliphatic rings. The van der Waals surface area contributed by atoms with Crippen molar-refractivity contribution >= 4 is 17.3 Å². The molecule has 110 valence electrons. The lowest BCUT2D eigenvalue weighted by atomic mass is 10.1. The summed E-state index contributed by atoms with van der Waals surface area (Å²) in [5.41, 5.74) is 8.36. The number of nitrogens with two attached hydrogens (primary N) is 1. The van der Waals surface area contributed by atoms with Crippen molar-refractivity contribution in [2.75, 3.05) is 45.0 Å². The van der Waals surface area contributed by atoms with Crippen LogP contribution in [-0.2, 0) is 4.74 Å². The lowest BCUT2D eigenvalue weighted by Crippen LogP contribution is -2.37. The van der Waals surface area contributed by atoms with Crippen LogP contribution in [0.4, 0.5) is 11.4 Å². The highest BCUT2D eigenvalue weighted by molar-refractivity contribution is 5.96. The first-order chi connectivity index (χ1) is 9.50. The van der Waals surface area contributed by atoms with Crippen LogP contribution in [0, 0.1) is 0 Å². The lowest BCUT2D eigenvalue weighted by Gasteiger charge is -2.33. The predicted molar refractivity (Wildman–Crippen MR) is 81.1 cm³/mol. The lowest BCUT2D eigenvalue weighted by molar-refractivity contribution is 0.0826. The first-order valence-corrected chi connectivity index (χ1v) is 6.92. The van der Waals surface area contributed by atoms with E-state index in [1.165, 1.54) is 0 Å². The van der Waals surface area contributed by atoms with Crippen LogP contribution in [-0.4, -0.2) is 51.2 Å². The second-order valence-corrected chi connectivity index (χ2v) is 5.43. The summed E-state index contributed by atoms with van der Waals surface area (Å²) in [7, 11) is 5.53. The van der Waals surface area contributed by atoms with Gasteiger partial charge in [0.2, 0.25) is 0 Å². The molecule has 1 aliphatic heterocycles. The molecule has 1 fully saturated rings. The van der Waals surface area contributed by atoms with Gasteiger partial charge in [-0.2, -0.15) is 0 Å². The maximum absolute atomic E-state index is 12.1. The largest absolute Gasteiger partial charge is 0.397 e. The first-order valence-electron chi connectivity index (χ1n) is 6.92. The van der Waals surface area contributed by atoms with Gasteiger partial charge in [0.15, 0.2) is 0 Å². The molecule has 1 aromatic carbocycles. The molecule has 2 N–H and O–H groups in total. The Labute approximate surface area is 120 Å². The Morgan fingerprint density at radius 3 is 2.50 bits per heavy atom. The van der Waals surface area contributed by atoms with Gasteiger partial charge in [-0.3, -0.25) is 4.79 Å². The topological polar surface area (TPSA) is 58.8 Å². The summed E-state index contributed by atoms with van der Waals surface area (Å²) in [6.07, 6.45) is 1.98. The van der Waals surface area contributed by atoms with Crippen LogP contribution in [0.5, 0.6) is 0 Å². The number of carbonyl (C=O) groups excluding carboxylic acids is 1. The number of hydrogen-bond donors (Lipinski definition) is 1. The maximum Gasteiger partial charge on any atom is 0.253 e. The number of amides is 1. The van der Waals surface area contributed by atoms with Crippen molar-refractivity contribution in [3.8, 4) is 0 Å². The molecule has 0 aromatic heterocycles. The molecule has 0 aliphatic carbocycles. The van der Waals surface area contributed by atoms with E-state index in [-0.39, 0.29) is 5.91 Å². The second kappa shape index (κ2) is 6.13. The van der Waals surface area contributed by atoms with Gasteiger partial charge >= 0.3 is 0 Å². The molecule has 1 aromatic rings. The third kappa shape index (κ3) is 3.04. The summed E-state index contributed by atoms with van der Waals surface area (Å²) >= 11 is 0. The summed E-state index contributed by atoms with van der Waals surface area (Å²) in [6, 6.07) is 5.88. The second-order valence-electron chi connectivity index (χ2n) is 5.43. The molecule has 20 heavy (non-hydrogen) atoms. The van der Waals surface area contributed by atoms with Gasteiger partial charge in [0.1, 0.15) is 0 Å². The van der Waals surface area contributed by atoms with Gasteiger partial charge in [0.05, 0.1) is 11.4 Å². The highest BCUT2D eigenvalue weighted by Crippen LogP contribution is 2.28. The van der Waals surface area contributed by atoms with Crippen LogP contribution < -0.4 is 10.6 Å². The SMILES string of the molecule is CN(C)C(=O)c1ccc(N)c(N(C)C2CCOCC2)c1. The number of anilines is 2. The van der Waals surface area contributed by atoms with E-state index in [0.717, 1.165) is 31.7 Å². The summed E-state index contributed by atoms with van der Waals surface area (Å²) in [4.78, 5) is 15.8. The van der Waals surface area contributed by atoms with E-state index in [0.29, 0.717) is 17.3 Å². The Hall–Kier alpha value is -1.75. The molecule has 0 bridgehead atoms. The average molecular weight is 277 g/mol. The molecule has 1 amide bonds. The fraction of sp³-hybridized carbons (Fsp3) is 0.533. The minimum absolute atomic E-state index is 0.00775. The highest BCUT2D eigenvalue weighted by atomic mass is 16.5. The molecule has 0 saturated carbocycles. The zero-order valence-electron chi connectivity index (χ0n) is 12.4. The molecule has 0 unspecified atom stereocenters. The fourth-order valence-electron chi connectivity index (χ4n) is 2.51. The number of rotatable bonds is 3. The Balaban J connectivity index is 2.25. The standard InChI is InChI=1S/C15H23N3O2/c1-17(2)15(19)11-4-5-13(16)14(10-11)18(3)12-6-8-20-9-7-12/h4-5,10,12H,6-9,16H2,1-3H3. The van der Waals surface area contributed by atoms with Gasteiger partial charge in [-0.05, 0) is 31.0 Å². The van der Waals surface area contributed by atoms with Crippen LogP contribution in [0.3, 0.4) is 0 Å². The van der Waals surface area contributed by atoms with E-state index in [4.69, 9.17) is 10.5 Å². The van der Waals surface area contributed by atoms with Gasteiger partial charge in [0, 0.05) is 46.0 Å². The van der Waals surface area contributed by atoms with Crippen molar-refractivity contribution < 1.29 is 9.53 Å². The Bertz CT molecular complexity index is 482. The van der Waals surface area contributed by atoms with Crippen molar-refractivity contribution in [1.82, 2.24) is 4.90 Å². The quantitative estimate of drug-likeness (QED) is 0.852. The van der Waals surface area contributed by atoms with Gasteiger partial charge in [-0.15, -0.1) is 0 Å². The fourth-order valence-corrected chi connectivity index (χ4v) is 2.51. The van der Waals surface area contributed by atoms with Crippen LogP contribution in [0.15, 0.2) is 18.2 Å². The molecule has 1 heterocycles. The monoisotopic (exact) mass is 277 g/mol. The van der Waals surface area contributed by atoms with Crippen molar-refractivity contribution in [3.63, 3.8) is 0 Å². The molecule has 2 rings (SSSR count). The van der Waals surface area contributed by atoms with Gasteiger partial charge in [-0.1, -0.05) is 0 Å². The zero-order chi connectivity index (χ0) is 14.7. The summed E-state index contributed by atoms with van der Waals surface area (Å²) < 4.78 is 5.39. The van der Waals surface area contributed by atoms with E-state index >= 15 is 0 Å². The Morgan fingerprint density at radius 2 is 1.90 bits per heavy atom. The van der Waals surface area contributed by atoms with Crippen LogP contribution in [0.2, 0.25) is 0 Å². The zero-order valence-corrected chi connectivity index (χ0v) is 12.4. The highest BCUT2D eigenvalue weighted by Gasteiger charge is 2.21. The number of nitrogen functional groups attached to an aromatic ring is 1. The van der Waals surface area contributed by atoms with E-state index in [2.05, 4.69) is 4.90 Å². The predicted octanol–water partition coefficient (Wildman–Crippen LogP) is 1.59. The minimum Gasteiger partial charge on any atom is -0.397 e.